The number of carboxylic acids is 4. The minimum Gasteiger partial charge on any atom is -0.550 e. The SMILES string of the molecule is O=C([O-])CC(O)C(=O)[O-].O=C([O-])CC(O)C(=O)[O-].[Na+].[Na+].[Na+].[Na+]. The van der Waals surface area contributed by atoms with Crippen molar-refractivity contribution in [2.45, 2.75) is 25.0 Å². The smallest absolute Gasteiger partial charge is 0.550 e. The Labute approximate surface area is 213 Å². The first-order chi connectivity index (χ1) is 8.07. The molecule has 0 aliphatic heterocycles. The molecule has 0 rings (SSSR count). The van der Waals surface area contributed by atoms with Gasteiger partial charge in [-0.15, -0.1) is 0 Å². The molecule has 0 aromatic carbocycles. The fourth-order valence-corrected chi connectivity index (χ4v) is 0.482. The summed E-state index contributed by atoms with van der Waals surface area (Å²) in [5.74, 6) is -6.85. The number of rotatable bonds is 6. The number of carboxylic acid groups (broad SMARTS) is 4. The van der Waals surface area contributed by atoms with Gasteiger partial charge in [-0.25, -0.2) is 0 Å². The van der Waals surface area contributed by atoms with Gasteiger partial charge in [0.25, 0.3) is 0 Å². The summed E-state index contributed by atoms with van der Waals surface area (Å²) in [7, 11) is 0. The van der Waals surface area contributed by atoms with Gasteiger partial charge in [-0.2, -0.15) is 0 Å². The van der Waals surface area contributed by atoms with Crippen LogP contribution in [0.2, 0.25) is 0 Å². The number of hydrogen-bond donors (Lipinski definition) is 2. The first-order valence-electron chi connectivity index (χ1n) is 4.25. The van der Waals surface area contributed by atoms with Crippen molar-refractivity contribution in [2.75, 3.05) is 0 Å². The third-order valence-corrected chi connectivity index (χ3v) is 1.26. The van der Waals surface area contributed by atoms with Crippen molar-refractivity contribution in [1.82, 2.24) is 0 Å². The van der Waals surface area contributed by atoms with Crippen LogP contribution < -0.4 is 139 Å². The van der Waals surface area contributed by atoms with E-state index < -0.39 is 48.9 Å². The average Bonchev–Trinajstić information content (AvgIpc) is 2.16. The third kappa shape index (κ3) is 29.8. The van der Waals surface area contributed by atoms with Gasteiger partial charge in [-0.1, -0.05) is 0 Å². The van der Waals surface area contributed by atoms with Gasteiger partial charge in [0.05, 0.1) is 24.1 Å². The van der Waals surface area contributed by atoms with Crippen molar-refractivity contribution in [3.63, 3.8) is 0 Å². The molecule has 0 amide bonds. The van der Waals surface area contributed by atoms with E-state index in [9.17, 15) is 39.6 Å². The maximum absolute atomic E-state index is 9.58. The fraction of sp³-hybridized carbons (Fsp3) is 0.500. The molecule has 0 saturated heterocycles. The molecule has 14 heteroatoms. The number of hydrogen-bond acceptors (Lipinski definition) is 10. The maximum Gasteiger partial charge on any atom is 1.00 e. The van der Waals surface area contributed by atoms with E-state index >= 15 is 0 Å². The summed E-state index contributed by atoms with van der Waals surface area (Å²) in [4.78, 5) is 38.3. The zero-order valence-electron chi connectivity index (χ0n) is 12.7. The van der Waals surface area contributed by atoms with Crippen LogP contribution >= 0.6 is 0 Å². The Hall–Kier alpha value is 1.80. The van der Waals surface area contributed by atoms with Crippen LogP contribution in [0.5, 0.6) is 0 Å². The Bertz CT molecular complexity index is 305. The van der Waals surface area contributed by atoms with Crippen LogP contribution in [0.1, 0.15) is 12.8 Å². The van der Waals surface area contributed by atoms with Gasteiger partial charge in [0.2, 0.25) is 0 Å². The van der Waals surface area contributed by atoms with E-state index in [1.165, 1.54) is 0 Å². The zero-order chi connectivity index (χ0) is 14.9. The Morgan fingerprint density at radius 3 is 0.864 bits per heavy atom. The molecule has 0 bridgehead atoms. The number of aliphatic hydroxyl groups is 2. The molecule has 0 fully saturated rings. The average molecular weight is 356 g/mol. The molecule has 2 atom stereocenters. The molecular formula is C8H8Na4O10. The molecule has 0 aromatic rings. The van der Waals surface area contributed by atoms with Gasteiger partial charge in [-0.3, -0.25) is 0 Å². The van der Waals surface area contributed by atoms with E-state index in [0.717, 1.165) is 0 Å². The summed E-state index contributed by atoms with van der Waals surface area (Å²) in [6, 6.07) is 0. The van der Waals surface area contributed by atoms with Crippen molar-refractivity contribution >= 4 is 23.9 Å². The first-order valence-corrected chi connectivity index (χ1v) is 4.25. The minimum absolute atomic E-state index is 0. The zero-order valence-corrected chi connectivity index (χ0v) is 20.7. The van der Waals surface area contributed by atoms with Crippen molar-refractivity contribution in [3.05, 3.63) is 0 Å². The van der Waals surface area contributed by atoms with Crippen molar-refractivity contribution in [2.24, 2.45) is 0 Å². The predicted octanol–water partition coefficient (Wildman–Crippen LogP) is -19.5. The largest absolute Gasteiger partial charge is 1.00 e. The van der Waals surface area contributed by atoms with Crippen molar-refractivity contribution in [1.29, 1.82) is 0 Å². The predicted molar refractivity (Wildman–Crippen MR) is 41.3 cm³/mol. The summed E-state index contributed by atoms with van der Waals surface area (Å²) in [6.45, 7) is 0. The minimum atomic E-state index is -1.96. The summed E-state index contributed by atoms with van der Waals surface area (Å²) in [5, 5.41) is 54.7. The van der Waals surface area contributed by atoms with E-state index in [1.807, 2.05) is 0 Å². The van der Waals surface area contributed by atoms with Crippen LogP contribution in [0.3, 0.4) is 0 Å². The van der Waals surface area contributed by atoms with Crippen molar-refractivity contribution < 1.29 is 168 Å². The van der Waals surface area contributed by atoms with Crippen LogP contribution in [0.25, 0.3) is 0 Å². The number of carbonyl (C=O) groups is 4. The van der Waals surface area contributed by atoms with E-state index in [-0.39, 0.29) is 118 Å². The normalized spacial score (nSPS) is 10.3. The molecule has 22 heavy (non-hydrogen) atoms. The number of aliphatic carboxylic acids is 4. The fourth-order valence-electron chi connectivity index (χ4n) is 0.482. The standard InChI is InChI=1S/2C4H6O5.4Na/c2*5-2(4(8)9)1-3(6)7;;;;/h2*2,5H,1H2,(H,6,7)(H,8,9);;;;/q;;4*+1/p-4. The second-order valence-electron chi connectivity index (χ2n) is 2.82. The first kappa shape index (κ1) is 39.0. The summed E-state index contributed by atoms with van der Waals surface area (Å²) in [6.07, 6.45) is -5.78. The Balaban J connectivity index is -0.0000000492. The summed E-state index contributed by atoms with van der Waals surface area (Å²) >= 11 is 0. The van der Waals surface area contributed by atoms with E-state index in [1.54, 1.807) is 0 Å². The second-order valence-corrected chi connectivity index (χ2v) is 2.82. The van der Waals surface area contributed by atoms with Gasteiger partial charge < -0.3 is 49.8 Å². The van der Waals surface area contributed by atoms with Gasteiger partial charge >= 0.3 is 118 Å². The molecule has 2 N–H and O–H groups in total. The van der Waals surface area contributed by atoms with E-state index in [0.29, 0.717) is 0 Å². The summed E-state index contributed by atoms with van der Waals surface area (Å²) < 4.78 is 0. The Kier molecular flexibility index (Phi) is 40.5. The van der Waals surface area contributed by atoms with Crippen LogP contribution in [-0.4, -0.2) is 46.3 Å². The topological polar surface area (TPSA) is 201 Å². The van der Waals surface area contributed by atoms with Crippen LogP contribution in [0, 0.1) is 0 Å². The van der Waals surface area contributed by atoms with Gasteiger partial charge in [0.15, 0.2) is 0 Å². The molecule has 2 unspecified atom stereocenters. The molecule has 0 aliphatic rings. The summed E-state index contributed by atoms with van der Waals surface area (Å²) in [5.41, 5.74) is 0. The number of aliphatic hydroxyl groups excluding tert-OH is 2. The van der Waals surface area contributed by atoms with E-state index in [2.05, 4.69) is 0 Å². The van der Waals surface area contributed by atoms with Gasteiger partial charge in [0, 0.05) is 24.8 Å². The molecule has 10 nitrogen and oxygen atoms in total. The maximum atomic E-state index is 9.58. The van der Waals surface area contributed by atoms with Crippen LogP contribution in [-0.2, 0) is 19.2 Å². The molecule has 104 valence electrons. The number of carbonyl (C=O) groups excluding carboxylic acids is 4. The van der Waals surface area contributed by atoms with Crippen LogP contribution in [0.15, 0.2) is 0 Å². The molecule has 0 aromatic heterocycles. The van der Waals surface area contributed by atoms with Crippen LogP contribution in [0.4, 0.5) is 0 Å². The Morgan fingerprint density at radius 2 is 0.818 bits per heavy atom. The molecular weight excluding hydrogens is 348 g/mol. The molecule has 0 aliphatic carbocycles. The van der Waals surface area contributed by atoms with Gasteiger partial charge in [-0.05, 0) is 0 Å². The molecule has 0 saturated carbocycles. The monoisotopic (exact) mass is 356 g/mol. The second kappa shape index (κ2) is 22.8. The molecule has 0 heterocycles. The Morgan fingerprint density at radius 1 is 0.636 bits per heavy atom. The quantitative estimate of drug-likeness (QED) is 0.430. The molecule has 0 radical (unpaired) electrons. The van der Waals surface area contributed by atoms with Crippen molar-refractivity contribution in [3.8, 4) is 0 Å². The van der Waals surface area contributed by atoms with E-state index in [4.69, 9.17) is 10.2 Å². The van der Waals surface area contributed by atoms with Gasteiger partial charge in [0.1, 0.15) is 0 Å². The third-order valence-electron chi connectivity index (χ3n) is 1.26. The molecule has 0 spiro atoms.